The van der Waals surface area contributed by atoms with E-state index in [1.165, 1.54) is 5.56 Å². The van der Waals surface area contributed by atoms with E-state index in [-0.39, 0.29) is 11.1 Å². The molecule has 0 saturated heterocycles. The average Bonchev–Trinajstić information content (AvgIpc) is 2.45. The summed E-state index contributed by atoms with van der Waals surface area (Å²) < 4.78 is 3.18. The van der Waals surface area contributed by atoms with Crippen LogP contribution in [0.15, 0.2) is 46.2 Å². The SMILES string of the molecule is CC(C)c1ccc(=O)n(C)c1.CC(C)c1ccn(C)c(=O)c1. The van der Waals surface area contributed by atoms with Crippen LogP contribution in [0.25, 0.3) is 0 Å². The first kappa shape index (κ1) is 18.0. The molecule has 2 heterocycles. The molecule has 0 bridgehead atoms. The van der Waals surface area contributed by atoms with Crippen LogP contribution in [0.3, 0.4) is 0 Å². The standard InChI is InChI=1S/2C9H13NO/c1-7(2)8-4-5-10(3)9(11)6-8;1-7(2)8-4-5-9(11)10(3)6-8/h2*4-7H,1-3H3. The van der Waals surface area contributed by atoms with E-state index in [1.807, 2.05) is 18.3 Å². The fraction of sp³-hybridized carbons (Fsp3) is 0.444. The molecule has 4 nitrogen and oxygen atoms in total. The Morgan fingerprint density at radius 3 is 1.82 bits per heavy atom. The maximum atomic E-state index is 11.1. The summed E-state index contributed by atoms with van der Waals surface area (Å²) in [6.45, 7) is 8.38. The van der Waals surface area contributed by atoms with Gasteiger partial charge in [-0.05, 0) is 29.0 Å². The maximum absolute atomic E-state index is 11.1. The van der Waals surface area contributed by atoms with E-state index >= 15 is 0 Å². The monoisotopic (exact) mass is 302 g/mol. The lowest BCUT2D eigenvalue weighted by Gasteiger charge is -2.05. The van der Waals surface area contributed by atoms with Gasteiger partial charge >= 0.3 is 0 Å². The summed E-state index contributed by atoms with van der Waals surface area (Å²) in [5.41, 5.74) is 2.42. The minimum absolute atomic E-state index is 0.0504. The maximum Gasteiger partial charge on any atom is 0.250 e. The lowest BCUT2D eigenvalue weighted by atomic mass is 10.1. The van der Waals surface area contributed by atoms with Gasteiger partial charge in [-0.3, -0.25) is 9.59 Å². The Bertz CT molecular complexity index is 724. The molecule has 120 valence electrons. The van der Waals surface area contributed by atoms with Crippen LogP contribution in [0.1, 0.15) is 50.7 Å². The highest BCUT2D eigenvalue weighted by molar-refractivity contribution is 5.14. The molecular formula is C18H26N2O2. The summed E-state index contributed by atoms with van der Waals surface area (Å²) in [6, 6.07) is 7.15. The van der Waals surface area contributed by atoms with Crippen LogP contribution in [-0.4, -0.2) is 9.13 Å². The normalized spacial score (nSPS) is 10.5. The lowest BCUT2D eigenvalue weighted by Crippen LogP contribution is -2.15. The van der Waals surface area contributed by atoms with E-state index in [0.717, 1.165) is 5.56 Å². The molecule has 0 aliphatic heterocycles. The third kappa shape index (κ3) is 5.02. The van der Waals surface area contributed by atoms with Crippen molar-refractivity contribution in [1.82, 2.24) is 9.13 Å². The van der Waals surface area contributed by atoms with Gasteiger partial charge in [0.1, 0.15) is 0 Å². The van der Waals surface area contributed by atoms with Gasteiger partial charge in [0.2, 0.25) is 5.56 Å². The third-order valence-electron chi connectivity index (χ3n) is 3.57. The number of rotatable bonds is 2. The van der Waals surface area contributed by atoms with Gasteiger partial charge in [0.25, 0.3) is 5.56 Å². The van der Waals surface area contributed by atoms with E-state index < -0.39 is 0 Å². The Kier molecular flexibility index (Phi) is 6.35. The van der Waals surface area contributed by atoms with Gasteiger partial charge in [-0.15, -0.1) is 0 Å². The molecule has 0 aliphatic rings. The smallest absolute Gasteiger partial charge is 0.250 e. The molecule has 2 aromatic rings. The number of nitrogens with zero attached hydrogens (tertiary/aromatic N) is 2. The molecule has 4 heteroatoms. The minimum atomic E-state index is 0.0504. The fourth-order valence-corrected chi connectivity index (χ4v) is 1.88. The van der Waals surface area contributed by atoms with E-state index in [0.29, 0.717) is 11.8 Å². The van der Waals surface area contributed by atoms with Crippen LogP contribution in [-0.2, 0) is 14.1 Å². The Morgan fingerprint density at radius 2 is 1.36 bits per heavy atom. The topological polar surface area (TPSA) is 44.0 Å². The number of hydrogen-bond acceptors (Lipinski definition) is 2. The van der Waals surface area contributed by atoms with Gasteiger partial charge in [0.05, 0.1) is 0 Å². The molecule has 2 aromatic heterocycles. The molecule has 2 rings (SSSR count). The van der Waals surface area contributed by atoms with E-state index in [2.05, 4.69) is 27.7 Å². The van der Waals surface area contributed by atoms with Crippen molar-refractivity contribution in [2.75, 3.05) is 0 Å². The van der Waals surface area contributed by atoms with E-state index in [1.54, 1.807) is 41.6 Å². The van der Waals surface area contributed by atoms with Crippen molar-refractivity contribution in [3.05, 3.63) is 68.5 Å². The van der Waals surface area contributed by atoms with Crippen molar-refractivity contribution < 1.29 is 0 Å². The zero-order valence-corrected chi connectivity index (χ0v) is 14.3. The molecular weight excluding hydrogens is 276 g/mol. The largest absolute Gasteiger partial charge is 0.319 e. The summed E-state index contributed by atoms with van der Waals surface area (Å²) in [5, 5.41) is 0. The summed E-state index contributed by atoms with van der Waals surface area (Å²) >= 11 is 0. The molecule has 0 spiro atoms. The molecule has 0 fully saturated rings. The fourth-order valence-electron chi connectivity index (χ4n) is 1.88. The van der Waals surface area contributed by atoms with Crippen LogP contribution in [0, 0.1) is 0 Å². The Morgan fingerprint density at radius 1 is 0.773 bits per heavy atom. The number of pyridine rings is 2. The predicted molar refractivity (Wildman–Crippen MR) is 91.5 cm³/mol. The van der Waals surface area contributed by atoms with Gasteiger partial charge in [-0.25, -0.2) is 0 Å². The third-order valence-corrected chi connectivity index (χ3v) is 3.57. The van der Waals surface area contributed by atoms with Crippen molar-refractivity contribution >= 4 is 0 Å². The highest BCUT2D eigenvalue weighted by Gasteiger charge is 1.99. The second-order valence-corrected chi connectivity index (χ2v) is 6.13. The Hall–Kier alpha value is -2.10. The Labute approximate surface area is 132 Å². The van der Waals surface area contributed by atoms with Crippen LogP contribution in [0.2, 0.25) is 0 Å². The lowest BCUT2D eigenvalue weighted by molar-refractivity contribution is 0.794. The Balaban J connectivity index is 0.000000220. The summed E-state index contributed by atoms with van der Waals surface area (Å²) in [6.07, 6.45) is 3.69. The van der Waals surface area contributed by atoms with Crippen LogP contribution >= 0.6 is 0 Å². The van der Waals surface area contributed by atoms with Gasteiger partial charge < -0.3 is 9.13 Å². The molecule has 0 aliphatic carbocycles. The van der Waals surface area contributed by atoms with Crippen LogP contribution in [0.4, 0.5) is 0 Å². The molecule has 0 amide bonds. The van der Waals surface area contributed by atoms with Crippen LogP contribution in [0.5, 0.6) is 0 Å². The van der Waals surface area contributed by atoms with E-state index in [9.17, 15) is 9.59 Å². The molecule has 0 unspecified atom stereocenters. The zero-order chi connectivity index (χ0) is 16.9. The molecule has 0 atom stereocenters. The summed E-state index contributed by atoms with van der Waals surface area (Å²) in [7, 11) is 3.53. The second-order valence-electron chi connectivity index (χ2n) is 6.13. The molecule has 22 heavy (non-hydrogen) atoms. The van der Waals surface area contributed by atoms with Gasteiger partial charge in [-0.1, -0.05) is 33.8 Å². The summed E-state index contributed by atoms with van der Waals surface area (Å²) in [4.78, 5) is 22.1. The van der Waals surface area contributed by atoms with Crippen molar-refractivity contribution in [2.24, 2.45) is 14.1 Å². The van der Waals surface area contributed by atoms with Crippen molar-refractivity contribution in [1.29, 1.82) is 0 Å². The number of aryl methyl sites for hydroxylation is 2. The first-order chi connectivity index (χ1) is 10.2. The quantitative estimate of drug-likeness (QED) is 0.856. The van der Waals surface area contributed by atoms with Crippen LogP contribution < -0.4 is 11.1 Å². The highest BCUT2D eigenvalue weighted by atomic mass is 16.1. The number of hydrogen-bond donors (Lipinski definition) is 0. The second kappa shape index (κ2) is 7.78. The van der Waals surface area contributed by atoms with Gasteiger partial charge in [0.15, 0.2) is 0 Å². The highest BCUT2D eigenvalue weighted by Crippen LogP contribution is 2.10. The predicted octanol–water partition coefficient (Wildman–Crippen LogP) is 3.02. The zero-order valence-electron chi connectivity index (χ0n) is 14.3. The number of aromatic nitrogens is 2. The average molecular weight is 302 g/mol. The van der Waals surface area contributed by atoms with Crippen molar-refractivity contribution in [3.63, 3.8) is 0 Å². The molecule has 0 aromatic carbocycles. The summed E-state index contributed by atoms with van der Waals surface area (Å²) in [5.74, 6) is 0.922. The van der Waals surface area contributed by atoms with Crippen molar-refractivity contribution in [2.45, 2.75) is 39.5 Å². The minimum Gasteiger partial charge on any atom is -0.319 e. The molecule has 0 N–H and O–H groups in total. The van der Waals surface area contributed by atoms with Crippen molar-refractivity contribution in [3.8, 4) is 0 Å². The van der Waals surface area contributed by atoms with Gasteiger partial charge in [-0.2, -0.15) is 0 Å². The molecule has 0 saturated carbocycles. The van der Waals surface area contributed by atoms with E-state index in [4.69, 9.17) is 0 Å². The van der Waals surface area contributed by atoms with Gasteiger partial charge in [0, 0.05) is 38.6 Å². The first-order valence-corrected chi connectivity index (χ1v) is 7.55. The first-order valence-electron chi connectivity index (χ1n) is 7.55. The molecule has 0 radical (unpaired) electrons.